The van der Waals surface area contributed by atoms with Gasteiger partial charge in [-0.05, 0) is 30.4 Å². The molecule has 11 heteroatoms. The third-order valence-electron chi connectivity index (χ3n) is 8.16. The molecule has 0 spiro atoms. The van der Waals surface area contributed by atoms with Crippen LogP contribution in [0.15, 0.2) is 12.1 Å². The number of hydrogen-bond acceptors (Lipinski definition) is 10. The van der Waals surface area contributed by atoms with Gasteiger partial charge in [0.05, 0.1) is 30.1 Å². The number of phenolic OH excluding ortho intramolecular Hbond substituents is 1. The fourth-order valence-corrected chi connectivity index (χ4v) is 6.26. The van der Waals surface area contributed by atoms with E-state index in [2.05, 4.69) is 0 Å². The second kappa shape index (κ2) is 9.14. The van der Waals surface area contributed by atoms with Gasteiger partial charge in [-0.15, -0.1) is 0 Å². The number of nitrogens with two attached hydrogens (primary N) is 1. The monoisotopic (exact) mass is 515 g/mol. The number of ketones is 4. The van der Waals surface area contributed by atoms with E-state index in [0.717, 1.165) is 0 Å². The molecule has 5 N–H and O–H groups in total. The van der Waals surface area contributed by atoms with Gasteiger partial charge in [-0.25, -0.2) is 0 Å². The average Bonchev–Trinajstić information content (AvgIpc) is 2.82. The number of aliphatic hydroxyl groups excluding tert-OH is 1. The fraction of sp³-hybridized carbons (Fsp3) is 0.538. The van der Waals surface area contributed by atoms with Gasteiger partial charge >= 0.3 is 5.97 Å². The van der Waals surface area contributed by atoms with Gasteiger partial charge < -0.3 is 25.8 Å². The molecule has 1 amide bonds. The minimum atomic E-state index is -2.97. The molecule has 8 atom stereocenters. The topological polar surface area (TPSA) is 198 Å². The molecule has 198 valence electrons. The van der Waals surface area contributed by atoms with Crippen LogP contribution in [-0.4, -0.2) is 68.6 Å². The maximum atomic E-state index is 13.7. The molecule has 0 saturated heterocycles. The lowest BCUT2D eigenvalue weighted by atomic mass is 9.50. The number of fused-ring (bicyclic) bond motifs is 3. The zero-order valence-corrected chi connectivity index (χ0v) is 20.6. The fourth-order valence-electron chi connectivity index (χ4n) is 6.26. The van der Waals surface area contributed by atoms with Gasteiger partial charge in [0.25, 0.3) is 0 Å². The molecule has 37 heavy (non-hydrogen) atoms. The van der Waals surface area contributed by atoms with E-state index in [4.69, 9.17) is 10.5 Å². The first-order chi connectivity index (χ1) is 17.3. The van der Waals surface area contributed by atoms with Crippen molar-refractivity contribution in [3.63, 3.8) is 0 Å². The Kier molecular flexibility index (Phi) is 6.58. The molecule has 2 fully saturated rings. The molecule has 3 unspecified atom stereocenters. The smallest absolute Gasteiger partial charge is 0.308 e. The number of carbonyl (C=O) groups is 6. The van der Waals surface area contributed by atoms with Crippen LogP contribution in [0, 0.1) is 29.6 Å². The lowest BCUT2D eigenvalue weighted by Crippen LogP contribution is -2.72. The predicted molar refractivity (Wildman–Crippen MR) is 124 cm³/mol. The summed E-state index contributed by atoms with van der Waals surface area (Å²) in [5, 5.41) is 33.5. The van der Waals surface area contributed by atoms with Crippen molar-refractivity contribution in [1.29, 1.82) is 0 Å². The van der Waals surface area contributed by atoms with Gasteiger partial charge in [0, 0.05) is 18.3 Å². The van der Waals surface area contributed by atoms with E-state index >= 15 is 0 Å². The van der Waals surface area contributed by atoms with Crippen LogP contribution in [0.5, 0.6) is 5.75 Å². The van der Waals surface area contributed by atoms with Crippen LogP contribution in [0.1, 0.15) is 54.6 Å². The van der Waals surface area contributed by atoms with Crippen LogP contribution in [0.25, 0.3) is 0 Å². The van der Waals surface area contributed by atoms with E-state index in [1.165, 1.54) is 0 Å². The molecule has 1 aromatic carbocycles. The molecule has 0 aliphatic heterocycles. The molecule has 1 aromatic rings. The van der Waals surface area contributed by atoms with Crippen LogP contribution in [0.3, 0.4) is 0 Å². The molecular formula is C26H29NO10. The number of hydrogen-bond donors (Lipinski definition) is 4. The SMILES string of the molecule is CCOC(=O)C(C)Cc1ccc2c(c1O)C(=O)C1C(=O)[C@]3(O)C(=O)C(C(N)=O)C(=O)C[C@@H]3[C@@H](O)[C@@H]1[C@H]2C. The molecule has 0 bridgehead atoms. The van der Waals surface area contributed by atoms with Crippen molar-refractivity contribution in [1.82, 2.24) is 0 Å². The van der Waals surface area contributed by atoms with Crippen LogP contribution in [0.2, 0.25) is 0 Å². The normalized spacial score (nSPS) is 33.8. The van der Waals surface area contributed by atoms with E-state index in [9.17, 15) is 44.1 Å². The van der Waals surface area contributed by atoms with Gasteiger partial charge in [-0.1, -0.05) is 26.0 Å². The van der Waals surface area contributed by atoms with Crippen LogP contribution >= 0.6 is 0 Å². The van der Waals surface area contributed by atoms with Crippen LogP contribution in [0.4, 0.5) is 0 Å². The standard InChI is InChI=1S/C26H29NO10/c1-4-37-25(35)9(2)7-11-5-6-12-10(3)15-18(21(31)16(12)19(11)29)23(33)26(36)13(20(15)30)8-14(28)17(22(26)32)24(27)34/h5-6,9-10,13,15,17-18,20,29-30,36H,4,7-8H2,1-3H3,(H2,27,34)/t9?,10-,13+,15+,17?,18?,20+,26+/m0/s1. The zero-order chi connectivity index (χ0) is 27.6. The number of rotatable bonds is 5. The number of benzene rings is 1. The summed E-state index contributed by atoms with van der Waals surface area (Å²) in [5.41, 5.74) is 2.61. The Balaban J connectivity index is 1.79. The number of Topliss-reactive ketones (excluding diaryl/α,β-unsaturated/α-hetero) is 4. The van der Waals surface area contributed by atoms with Gasteiger partial charge in [0.2, 0.25) is 5.91 Å². The minimum absolute atomic E-state index is 0.0389. The number of primary amides is 1. The predicted octanol–water partition coefficient (Wildman–Crippen LogP) is -0.400. The third kappa shape index (κ3) is 3.71. The van der Waals surface area contributed by atoms with Gasteiger partial charge in [-0.3, -0.25) is 28.8 Å². The summed E-state index contributed by atoms with van der Waals surface area (Å²) < 4.78 is 4.99. The number of carbonyl (C=O) groups excluding carboxylic acids is 6. The summed E-state index contributed by atoms with van der Waals surface area (Å²) in [6.45, 7) is 5.06. The van der Waals surface area contributed by atoms with Crippen molar-refractivity contribution < 1.29 is 48.8 Å². The summed E-state index contributed by atoms with van der Waals surface area (Å²) in [6.07, 6.45) is -2.22. The highest BCUT2D eigenvalue weighted by atomic mass is 16.5. The van der Waals surface area contributed by atoms with E-state index in [1.807, 2.05) is 0 Å². The minimum Gasteiger partial charge on any atom is -0.507 e. The van der Waals surface area contributed by atoms with Crippen LogP contribution < -0.4 is 5.73 Å². The van der Waals surface area contributed by atoms with Gasteiger partial charge in [0.15, 0.2) is 34.7 Å². The number of aromatic hydroxyl groups is 1. The Morgan fingerprint density at radius 2 is 1.84 bits per heavy atom. The first-order valence-electron chi connectivity index (χ1n) is 12.2. The van der Waals surface area contributed by atoms with E-state index in [1.54, 1.807) is 32.9 Å². The van der Waals surface area contributed by atoms with Crippen molar-refractivity contribution >= 4 is 35.0 Å². The molecule has 3 aliphatic rings. The summed E-state index contributed by atoms with van der Waals surface area (Å²) in [4.78, 5) is 76.7. The maximum Gasteiger partial charge on any atom is 0.308 e. The number of aliphatic hydroxyl groups is 2. The first kappa shape index (κ1) is 26.6. The number of ether oxygens (including phenoxy) is 1. The largest absolute Gasteiger partial charge is 0.507 e. The van der Waals surface area contributed by atoms with E-state index in [0.29, 0.717) is 5.56 Å². The Morgan fingerprint density at radius 3 is 2.43 bits per heavy atom. The van der Waals surface area contributed by atoms with Crippen LogP contribution in [-0.2, 0) is 35.1 Å². The molecular weight excluding hydrogens is 486 g/mol. The second-order valence-corrected chi connectivity index (χ2v) is 10.2. The number of esters is 1. The van der Waals surface area contributed by atoms with Gasteiger partial charge in [0.1, 0.15) is 5.75 Å². The van der Waals surface area contributed by atoms with E-state index < -0.39 is 94.4 Å². The average molecular weight is 516 g/mol. The molecule has 0 radical (unpaired) electrons. The lowest BCUT2D eigenvalue weighted by molar-refractivity contribution is -0.189. The molecule has 4 rings (SSSR count). The Hall–Kier alpha value is -3.44. The highest BCUT2D eigenvalue weighted by Crippen LogP contribution is 2.54. The summed E-state index contributed by atoms with van der Waals surface area (Å²) in [6, 6.07) is 3.12. The van der Waals surface area contributed by atoms with Crippen molar-refractivity contribution in [3.8, 4) is 5.75 Å². The van der Waals surface area contributed by atoms with Gasteiger partial charge in [-0.2, -0.15) is 0 Å². The quantitative estimate of drug-likeness (QED) is 0.295. The maximum absolute atomic E-state index is 13.7. The number of phenols is 1. The molecule has 0 heterocycles. The van der Waals surface area contributed by atoms with Crippen molar-refractivity contribution in [2.45, 2.75) is 51.2 Å². The Morgan fingerprint density at radius 1 is 1.19 bits per heavy atom. The summed E-state index contributed by atoms with van der Waals surface area (Å²) in [7, 11) is 0. The third-order valence-corrected chi connectivity index (χ3v) is 8.16. The second-order valence-electron chi connectivity index (χ2n) is 10.2. The highest BCUT2D eigenvalue weighted by molar-refractivity contribution is 6.31. The zero-order valence-electron chi connectivity index (χ0n) is 20.6. The molecule has 2 saturated carbocycles. The van der Waals surface area contributed by atoms with Crippen molar-refractivity contribution in [2.24, 2.45) is 35.3 Å². The van der Waals surface area contributed by atoms with E-state index in [-0.39, 0.29) is 24.2 Å². The first-order valence-corrected chi connectivity index (χ1v) is 12.2. The Bertz CT molecular complexity index is 1240. The lowest BCUT2D eigenvalue weighted by Gasteiger charge is -2.52. The Labute approximate surface area is 212 Å². The summed E-state index contributed by atoms with van der Waals surface area (Å²) in [5.74, 6) is -14.5. The van der Waals surface area contributed by atoms with Crippen molar-refractivity contribution in [2.75, 3.05) is 6.61 Å². The van der Waals surface area contributed by atoms with Crippen molar-refractivity contribution in [3.05, 3.63) is 28.8 Å². The molecule has 0 aromatic heterocycles. The molecule has 3 aliphatic carbocycles. The number of amides is 1. The summed E-state index contributed by atoms with van der Waals surface area (Å²) >= 11 is 0. The highest BCUT2D eigenvalue weighted by Gasteiger charge is 2.69. The molecule has 11 nitrogen and oxygen atoms in total.